The molecule has 0 aromatic heterocycles. The standard InChI is InChI=1S/C16H24N2O4S/c19-15(11-1-2-23(21,22)8-11)17-18-16(20)14-12-4-9-3-10(6-12)7-13(14)5-9/h9-14H,1-8H2,(H,17,19)(H,18,20)/t9?,10?,11-,12?,13?,14?/m1/s1. The number of hydrogen-bond acceptors (Lipinski definition) is 4. The highest BCUT2D eigenvalue weighted by Crippen LogP contribution is 2.56. The second-order valence-corrected chi connectivity index (χ2v) is 10.3. The van der Waals surface area contributed by atoms with E-state index in [9.17, 15) is 18.0 Å². The second-order valence-electron chi connectivity index (χ2n) is 8.03. The molecule has 23 heavy (non-hydrogen) atoms. The monoisotopic (exact) mass is 340 g/mol. The molecule has 4 aliphatic carbocycles. The Morgan fingerprint density at radius 3 is 1.91 bits per heavy atom. The lowest BCUT2D eigenvalue weighted by Gasteiger charge is -2.53. The Morgan fingerprint density at radius 2 is 1.39 bits per heavy atom. The molecule has 1 saturated heterocycles. The van der Waals surface area contributed by atoms with E-state index in [4.69, 9.17) is 0 Å². The fourth-order valence-corrected chi connectivity index (χ4v) is 7.41. The van der Waals surface area contributed by atoms with E-state index in [0.29, 0.717) is 18.3 Å². The summed E-state index contributed by atoms with van der Waals surface area (Å²) in [5.74, 6) is 1.55. The molecule has 0 aromatic rings. The van der Waals surface area contributed by atoms with Gasteiger partial charge in [0.25, 0.3) is 0 Å². The van der Waals surface area contributed by atoms with Crippen molar-refractivity contribution in [3.05, 3.63) is 0 Å². The highest BCUT2D eigenvalue weighted by Gasteiger charge is 2.50. The molecule has 0 radical (unpaired) electrons. The first-order chi connectivity index (χ1) is 10.9. The summed E-state index contributed by atoms with van der Waals surface area (Å²) >= 11 is 0. The number of carbonyl (C=O) groups excluding carboxylic acids is 2. The van der Waals surface area contributed by atoms with Crippen LogP contribution in [0.5, 0.6) is 0 Å². The van der Waals surface area contributed by atoms with Gasteiger partial charge in [-0.25, -0.2) is 8.42 Å². The number of sulfone groups is 1. The van der Waals surface area contributed by atoms with Gasteiger partial charge < -0.3 is 0 Å². The van der Waals surface area contributed by atoms with Crippen molar-refractivity contribution in [2.75, 3.05) is 11.5 Å². The van der Waals surface area contributed by atoms with Crippen LogP contribution >= 0.6 is 0 Å². The molecule has 1 heterocycles. The minimum atomic E-state index is -3.09. The van der Waals surface area contributed by atoms with Crippen LogP contribution in [0.15, 0.2) is 0 Å². The summed E-state index contributed by atoms with van der Waals surface area (Å²) < 4.78 is 22.9. The van der Waals surface area contributed by atoms with E-state index in [-0.39, 0.29) is 29.2 Å². The lowest BCUT2D eigenvalue weighted by Crippen LogP contribution is -2.54. The summed E-state index contributed by atoms with van der Waals surface area (Å²) in [5.41, 5.74) is 5.05. The zero-order chi connectivity index (χ0) is 16.2. The molecule has 1 atom stereocenters. The Morgan fingerprint density at radius 1 is 0.826 bits per heavy atom. The first-order valence-corrected chi connectivity index (χ1v) is 10.5. The van der Waals surface area contributed by atoms with Gasteiger partial charge in [0.2, 0.25) is 11.8 Å². The molecule has 5 rings (SSSR count). The third-order valence-corrected chi connectivity index (χ3v) is 8.21. The van der Waals surface area contributed by atoms with Crippen molar-refractivity contribution in [2.24, 2.45) is 35.5 Å². The maximum absolute atomic E-state index is 12.5. The van der Waals surface area contributed by atoms with Gasteiger partial charge in [-0.05, 0) is 62.2 Å². The molecule has 0 unspecified atom stereocenters. The van der Waals surface area contributed by atoms with Crippen LogP contribution in [0, 0.1) is 35.5 Å². The number of amides is 2. The molecule has 6 nitrogen and oxygen atoms in total. The van der Waals surface area contributed by atoms with E-state index in [1.165, 1.54) is 6.42 Å². The zero-order valence-corrected chi connectivity index (χ0v) is 14.0. The largest absolute Gasteiger partial charge is 0.273 e. The van der Waals surface area contributed by atoms with Gasteiger partial charge in [0.05, 0.1) is 17.4 Å². The van der Waals surface area contributed by atoms with Crippen LogP contribution in [-0.2, 0) is 19.4 Å². The van der Waals surface area contributed by atoms with Crippen molar-refractivity contribution < 1.29 is 18.0 Å². The SMILES string of the molecule is O=C(NNC(=O)[C@@H]1CCS(=O)(=O)C1)C1C2CC3CC(C2)CC1C3. The van der Waals surface area contributed by atoms with Crippen LogP contribution in [0.1, 0.15) is 38.5 Å². The van der Waals surface area contributed by atoms with Gasteiger partial charge in [0, 0.05) is 5.92 Å². The number of hydrazine groups is 1. The van der Waals surface area contributed by atoms with Gasteiger partial charge in [-0.1, -0.05) is 0 Å². The average Bonchev–Trinajstić information content (AvgIpc) is 2.84. The van der Waals surface area contributed by atoms with Gasteiger partial charge in [-0.2, -0.15) is 0 Å². The molecule has 2 N–H and O–H groups in total. The first-order valence-electron chi connectivity index (χ1n) is 8.71. The normalized spacial score (nSPS) is 43.3. The van der Waals surface area contributed by atoms with Crippen molar-refractivity contribution in [2.45, 2.75) is 38.5 Å². The smallest absolute Gasteiger partial charge is 0.242 e. The topological polar surface area (TPSA) is 92.3 Å². The van der Waals surface area contributed by atoms with E-state index in [0.717, 1.165) is 37.5 Å². The van der Waals surface area contributed by atoms with Gasteiger partial charge >= 0.3 is 0 Å². The molecule has 2 amide bonds. The summed E-state index contributed by atoms with van der Waals surface area (Å²) in [6.07, 6.45) is 6.30. The van der Waals surface area contributed by atoms with E-state index in [1.54, 1.807) is 0 Å². The Kier molecular flexibility index (Phi) is 3.66. The van der Waals surface area contributed by atoms with Gasteiger partial charge in [-0.3, -0.25) is 20.4 Å². The predicted molar refractivity (Wildman–Crippen MR) is 83.6 cm³/mol. The Balaban J connectivity index is 1.33. The molecule has 5 fully saturated rings. The Bertz CT molecular complexity index is 602. The van der Waals surface area contributed by atoms with E-state index in [1.807, 2.05) is 0 Å². The second kappa shape index (κ2) is 5.46. The van der Waals surface area contributed by atoms with Crippen LogP contribution in [0.25, 0.3) is 0 Å². The highest BCUT2D eigenvalue weighted by molar-refractivity contribution is 7.91. The fourth-order valence-electron chi connectivity index (χ4n) is 5.66. The number of carbonyl (C=O) groups is 2. The molecular weight excluding hydrogens is 316 g/mol. The Hall–Kier alpha value is -1.11. The van der Waals surface area contributed by atoms with Crippen molar-refractivity contribution in [3.8, 4) is 0 Å². The van der Waals surface area contributed by atoms with E-state index < -0.39 is 15.8 Å². The highest BCUT2D eigenvalue weighted by atomic mass is 32.2. The van der Waals surface area contributed by atoms with Gasteiger partial charge in [0.1, 0.15) is 0 Å². The lowest BCUT2D eigenvalue weighted by molar-refractivity contribution is -0.142. The number of rotatable bonds is 2. The van der Waals surface area contributed by atoms with Crippen LogP contribution in [-0.4, -0.2) is 31.7 Å². The summed E-state index contributed by atoms with van der Waals surface area (Å²) in [7, 11) is -3.09. The summed E-state index contributed by atoms with van der Waals surface area (Å²) in [4.78, 5) is 24.6. The number of hydrogen-bond donors (Lipinski definition) is 2. The summed E-state index contributed by atoms with van der Waals surface area (Å²) in [6, 6.07) is 0. The van der Waals surface area contributed by atoms with Crippen molar-refractivity contribution in [3.63, 3.8) is 0 Å². The van der Waals surface area contributed by atoms with Crippen LogP contribution in [0.3, 0.4) is 0 Å². The average molecular weight is 340 g/mol. The van der Waals surface area contributed by atoms with Crippen LogP contribution in [0.4, 0.5) is 0 Å². The van der Waals surface area contributed by atoms with E-state index in [2.05, 4.69) is 10.9 Å². The molecule has 0 aromatic carbocycles. The van der Waals surface area contributed by atoms with Crippen molar-refractivity contribution in [1.29, 1.82) is 0 Å². The zero-order valence-electron chi connectivity index (χ0n) is 13.2. The molecule has 128 valence electrons. The van der Waals surface area contributed by atoms with E-state index >= 15 is 0 Å². The molecule has 7 heteroatoms. The molecule has 1 aliphatic heterocycles. The maximum Gasteiger partial charge on any atom is 0.242 e. The quantitative estimate of drug-likeness (QED) is 0.722. The van der Waals surface area contributed by atoms with Crippen molar-refractivity contribution in [1.82, 2.24) is 10.9 Å². The molecule has 4 bridgehead atoms. The van der Waals surface area contributed by atoms with Gasteiger partial charge in [-0.15, -0.1) is 0 Å². The predicted octanol–water partition coefficient (Wildman–Crippen LogP) is 0.641. The summed E-state index contributed by atoms with van der Waals surface area (Å²) in [6.45, 7) is 0. The molecule has 4 saturated carbocycles. The maximum atomic E-state index is 12.5. The summed E-state index contributed by atoms with van der Waals surface area (Å²) in [5, 5.41) is 0. The number of nitrogens with one attached hydrogen (secondary N) is 2. The Labute approximate surface area is 136 Å². The lowest BCUT2D eigenvalue weighted by atomic mass is 9.52. The fraction of sp³-hybridized carbons (Fsp3) is 0.875. The van der Waals surface area contributed by atoms with Gasteiger partial charge in [0.15, 0.2) is 9.84 Å². The molecular formula is C16H24N2O4S. The van der Waals surface area contributed by atoms with Crippen LogP contribution in [0.2, 0.25) is 0 Å². The van der Waals surface area contributed by atoms with Crippen molar-refractivity contribution >= 4 is 21.7 Å². The molecule has 5 aliphatic rings. The van der Waals surface area contributed by atoms with Crippen LogP contribution < -0.4 is 10.9 Å². The third kappa shape index (κ3) is 2.88. The third-order valence-electron chi connectivity index (χ3n) is 6.44. The molecule has 0 spiro atoms. The minimum absolute atomic E-state index is 0.0235. The minimum Gasteiger partial charge on any atom is -0.273 e. The first kappa shape index (κ1) is 15.4.